The van der Waals surface area contributed by atoms with Crippen LogP contribution in [0.2, 0.25) is 0 Å². The van der Waals surface area contributed by atoms with E-state index in [4.69, 9.17) is 0 Å². The summed E-state index contributed by atoms with van der Waals surface area (Å²) < 4.78 is 1.25. The van der Waals surface area contributed by atoms with Crippen LogP contribution in [0.25, 0.3) is 32.4 Å². The number of rotatable bonds is 3. The zero-order valence-corrected chi connectivity index (χ0v) is 16.7. The molecule has 1 fully saturated rings. The Hall–Kier alpha value is -2.17. The van der Waals surface area contributed by atoms with Gasteiger partial charge in [-0.25, -0.2) is 4.98 Å². The quantitative estimate of drug-likeness (QED) is 0.459. The number of H-pyrrole nitrogens is 1. The van der Waals surface area contributed by atoms with Crippen molar-refractivity contribution in [1.82, 2.24) is 15.3 Å². The first kappa shape index (κ1) is 17.0. The minimum absolute atomic E-state index is 0.467. The highest BCUT2D eigenvalue weighted by atomic mass is 32.1. The molecule has 3 nitrogen and oxygen atoms in total. The lowest BCUT2D eigenvalue weighted by molar-refractivity contribution is 0.460. The Labute approximate surface area is 163 Å². The number of benzene rings is 2. The molecule has 0 unspecified atom stereocenters. The van der Waals surface area contributed by atoms with Crippen molar-refractivity contribution in [2.75, 3.05) is 13.1 Å². The molecule has 138 valence electrons. The molecule has 0 atom stereocenters. The Kier molecular flexibility index (Phi) is 4.25. The van der Waals surface area contributed by atoms with E-state index in [1.165, 1.54) is 50.8 Å². The molecule has 0 amide bonds. The maximum atomic E-state index is 4.42. The van der Waals surface area contributed by atoms with Gasteiger partial charge >= 0.3 is 0 Å². The van der Waals surface area contributed by atoms with Crippen molar-refractivity contribution in [2.45, 2.75) is 38.5 Å². The van der Waals surface area contributed by atoms with E-state index in [0.29, 0.717) is 11.8 Å². The van der Waals surface area contributed by atoms with Crippen molar-refractivity contribution in [3.05, 3.63) is 53.0 Å². The Morgan fingerprint density at radius 2 is 1.93 bits per heavy atom. The summed E-state index contributed by atoms with van der Waals surface area (Å²) in [5, 5.41) is 4.87. The van der Waals surface area contributed by atoms with Crippen LogP contribution in [0.4, 0.5) is 0 Å². The van der Waals surface area contributed by atoms with Crippen molar-refractivity contribution in [2.24, 2.45) is 0 Å². The van der Waals surface area contributed by atoms with Crippen LogP contribution in [0.3, 0.4) is 0 Å². The number of nitrogens with one attached hydrogen (secondary N) is 2. The second kappa shape index (κ2) is 6.77. The van der Waals surface area contributed by atoms with Gasteiger partial charge in [0.15, 0.2) is 0 Å². The molecule has 2 N–H and O–H groups in total. The first-order chi connectivity index (χ1) is 13.2. The van der Waals surface area contributed by atoms with Crippen LogP contribution < -0.4 is 5.32 Å². The number of aromatic nitrogens is 2. The molecule has 0 aliphatic carbocycles. The van der Waals surface area contributed by atoms with Crippen molar-refractivity contribution in [3.63, 3.8) is 0 Å². The van der Waals surface area contributed by atoms with Crippen molar-refractivity contribution in [3.8, 4) is 11.3 Å². The average molecular weight is 376 g/mol. The zero-order chi connectivity index (χ0) is 18.4. The second-order valence-corrected chi connectivity index (χ2v) is 8.82. The fourth-order valence-electron chi connectivity index (χ4n) is 4.48. The summed E-state index contributed by atoms with van der Waals surface area (Å²) in [6.45, 7) is 6.86. The van der Waals surface area contributed by atoms with Crippen LogP contribution in [-0.4, -0.2) is 23.1 Å². The molecule has 2 aromatic heterocycles. The molecule has 2 aromatic carbocycles. The fourth-order valence-corrected chi connectivity index (χ4v) is 5.19. The van der Waals surface area contributed by atoms with Gasteiger partial charge < -0.3 is 10.3 Å². The summed E-state index contributed by atoms with van der Waals surface area (Å²) in [4.78, 5) is 8.14. The number of thiazole rings is 1. The van der Waals surface area contributed by atoms with E-state index in [0.717, 1.165) is 18.6 Å². The summed E-state index contributed by atoms with van der Waals surface area (Å²) >= 11 is 1.71. The fraction of sp³-hybridized carbons (Fsp3) is 0.348. The molecule has 5 rings (SSSR count). The molecule has 4 heteroatoms. The van der Waals surface area contributed by atoms with Crippen LogP contribution in [0, 0.1) is 0 Å². The standard InChI is InChI=1S/C23H25N3S/c1-14(2)22-18-11-16(15-7-9-24-10-8-15)3-5-19(18)26-23(22)17-4-6-20-21(12-17)27-13-25-20/h3-6,11-15,24,26H,7-10H2,1-2H3. The number of nitrogens with zero attached hydrogens (tertiary/aromatic N) is 1. The highest BCUT2D eigenvalue weighted by Crippen LogP contribution is 2.38. The molecule has 4 aromatic rings. The van der Waals surface area contributed by atoms with Crippen molar-refractivity contribution in [1.29, 1.82) is 0 Å². The number of aromatic amines is 1. The molecule has 1 aliphatic heterocycles. The lowest BCUT2D eigenvalue weighted by Gasteiger charge is -2.23. The molecule has 0 spiro atoms. The van der Waals surface area contributed by atoms with E-state index in [1.54, 1.807) is 11.3 Å². The summed E-state index contributed by atoms with van der Waals surface area (Å²) in [6.07, 6.45) is 2.48. The normalized spacial score (nSPS) is 16.0. The maximum absolute atomic E-state index is 4.42. The molecule has 1 aliphatic rings. The van der Waals surface area contributed by atoms with E-state index in [1.807, 2.05) is 5.51 Å². The van der Waals surface area contributed by atoms with Crippen molar-refractivity contribution < 1.29 is 0 Å². The minimum atomic E-state index is 0.467. The van der Waals surface area contributed by atoms with E-state index < -0.39 is 0 Å². The molecule has 3 heterocycles. The highest BCUT2D eigenvalue weighted by Gasteiger charge is 2.20. The van der Waals surface area contributed by atoms with E-state index >= 15 is 0 Å². The van der Waals surface area contributed by atoms with Crippen LogP contribution in [0.5, 0.6) is 0 Å². The second-order valence-electron chi connectivity index (χ2n) is 7.93. The summed E-state index contributed by atoms with van der Waals surface area (Å²) in [5.41, 5.74) is 9.70. The molecule has 27 heavy (non-hydrogen) atoms. The Morgan fingerprint density at radius 1 is 1.07 bits per heavy atom. The molecular formula is C23H25N3S. The van der Waals surface area contributed by atoms with E-state index in [2.05, 4.69) is 65.5 Å². The predicted octanol–water partition coefficient (Wildman–Crippen LogP) is 6.04. The summed E-state index contributed by atoms with van der Waals surface area (Å²) in [5.74, 6) is 1.15. The molecule has 0 saturated carbocycles. The monoisotopic (exact) mass is 375 g/mol. The highest BCUT2D eigenvalue weighted by molar-refractivity contribution is 7.16. The average Bonchev–Trinajstić information content (AvgIpc) is 3.31. The van der Waals surface area contributed by atoms with Gasteiger partial charge in [-0.1, -0.05) is 26.0 Å². The number of hydrogen-bond donors (Lipinski definition) is 2. The minimum Gasteiger partial charge on any atom is -0.354 e. The number of fused-ring (bicyclic) bond motifs is 2. The Bertz CT molecular complexity index is 1100. The van der Waals surface area contributed by atoms with Crippen LogP contribution >= 0.6 is 11.3 Å². The third-order valence-electron chi connectivity index (χ3n) is 5.87. The first-order valence-electron chi connectivity index (χ1n) is 9.90. The Balaban J connectivity index is 1.66. The third-order valence-corrected chi connectivity index (χ3v) is 6.66. The van der Waals surface area contributed by atoms with Crippen molar-refractivity contribution >= 4 is 32.5 Å². The largest absolute Gasteiger partial charge is 0.354 e. The van der Waals surface area contributed by atoms with Gasteiger partial charge in [0, 0.05) is 10.9 Å². The molecule has 1 saturated heterocycles. The van der Waals surface area contributed by atoms with Gasteiger partial charge in [-0.2, -0.15) is 0 Å². The van der Waals surface area contributed by atoms with Gasteiger partial charge in [-0.3, -0.25) is 0 Å². The summed E-state index contributed by atoms with van der Waals surface area (Å²) in [6, 6.07) is 13.7. The molecule has 0 radical (unpaired) electrons. The Morgan fingerprint density at radius 3 is 2.74 bits per heavy atom. The first-order valence-corrected chi connectivity index (χ1v) is 10.8. The molecule has 0 bridgehead atoms. The number of hydrogen-bond acceptors (Lipinski definition) is 3. The molecular weight excluding hydrogens is 350 g/mol. The lowest BCUT2D eigenvalue weighted by atomic mass is 9.88. The summed E-state index contributed by atoms with van der Waals surface area (Å²) in [7, 11) is 0. The van der Waals surface area contributed by atoms with Crippen LogP contribution in [0.15, 0.2) is 41.9 Å². The topological polar surface area (TPSA) is 40.7 Å². The van der Waals surface area contributed by atoms with Crippen LogP contribution in [-0.2, 0) is 0 Å². The van der Waals surface area contributed by atoms with Gasteiger partial charge in [0.1, 0.15) is 0 Å². The third kappa shape index (κ3) is 2.97. The number of piperidine rings is 1. The van der Waals surface area contributed by atoms with E-state index in [-0.39, 0.29) is 0 Å². The van der Waals surface area contributed by atoms with Gasteiger partial charge in [-0.15, -0.1) is 11.3 Å². The maximum Gasteiger partial charge on any atom is 0.0812 e. The predicted molar refractivity (Wildman–Crippen MR) is 116 cm³/mol. The lowest BCUT2D eigenvalue weighted by Crippen LogP contribution is -2.26. The zero-order valence-electron chi connectivity index (χ0n) is 15.9. The van der Waals surface area contributed by atoms with Gasteiger partial charge in [0.05, 0.1) is 21.4 Å². The smallest absolute Gasteiger partial charge is 0.0812 e. The van der Waals surface area contributed by atoms with Gasteiger partial charge in [0.2, 0.25) is 0 Å². The van der Waals surface area contributed by atoms with Gasteiger partial charge in [0.25, 0.3) is 0 Å². The van der Waals surface area contributed by atoms with Crippen LogP contribution in [0.1, 0.15) is 49.7 Å². The van der Waals surface area contributed by atoms with Gasteiger partial charge in [-0.05, 0) is 78.7 Å². The van der Waals surface area contributed by atoms with E-state index in [9.17, 15) is 0 Å². The SMILES string of the molecule is CC(C)c1c(-c2ccc3ncsc3c2)[nH]c2ccc(C3CCNCC3)cc12.